The summed E-state index contributed by atoms with van der Waals surface area (Å²) in [4.78, 5) is 12.2. The van der Waals surface area contributed by atoms with Crippen LogP contribution in [0.3, 0.4) is 0 Å². The van der Waals surface area contributed by atoms with Gasteiger partial charge in [-0.25, -0.2) is 13.6 Å². The van der Waals surface area contributed by atoms with Crippen LogP contribution in [0, 0.1) is 11.6 Å². The molecule has 0 aliphatic rings. The summed E-state index contributed by atoms with van der Waals surface area (Å²) in [5, 5.41) is 9.20. The molecule has 26 heavy (non-hydrogen) atoms. The highest BCUT2D eigenvalue weighted by Crippen LogP contribution is 2.35. The first-order valence-corrected chi connectivity index (χ1v) is 7.63. The van der Waals surface area contributed by atoms with Gasteiger partial charge in [0.2, 0.25) is 0 Å². The summed E-state index contributed by atoms with van der Waals surface area (Å²) in [7, 11) is 1.39. The number of carbonyl (C=O) groups excluding carboxylic acids is 1. The summed E-state index contributed by atoms with van der Waals surface area (Å²) in [6.45, 7) is 0. The highest BCUT2D eigenvalue weighted by Gasteiger charge is 2.15. The van der Waals surface area contributed by atoms with Crippen LogP contribution in [0.4, 0.5) is 8.78 Å². The quantitative estimate of drug-likeness (QED) is 0.550. The van der Waals surface area contributed by atoms with E-state index < -0.39 is 23.4 Å². The Morgan fingerprint density at radius 3 is 2.15 bits per heavy atom. The Morgan fingerprint density at radius 2 is 1.54 bits per heavy atom. The lowest BCUT2D eigenvalue weighted by atomic mass is 10.0. The first kappa shape index (κ1) is 17.4. The summed E-state index contributed by atoms with van der Waals surface area (Å²) < 4.78 is 37.7. The summed E-state index contributed by atoms with van der Waals surface area (Å²) in [6.07, 6.45) is 0. The third-order valence-electron chi connectivity index (χ3n) is 3.73. The lowest BCUT2D eigenvalue weighted by Crippen LogP contribution is -2.09. The number of methoxy groups -OCH3 is 1. The Bertz CT molecular complexity index is 932. The summed E-state index contributed by atoms with van der Waals surface area (Å²) in [6, 6.07) is 14.9. The maximum absolute atomic E-state index is 13.6. The van der Waals surface area contributed by atoms with Gasteiger partial charge < -0.3 is 14.6 Å². The van der Waals surface area contributed by atoms with Crippen molar-refractivity contribution < 1.29 is 28.2 Å². The minimum atomic E-state index is -1.07. The lowest BCUT2D eigenvalue weighted by Gasteiger charge is -2.12. The third kappa shape index (κ3) is 3.49. The van der Waals surface area contributed by atoms with E-state index in [9.17, 15) is 18.7 Å². The van der Waals surface area contributed by atoms with E-state index in [4.69, 9.17) is 9.47 Å². The van der Waals surface area contributed by atoms with Crippen molar-refractivity contribution in [2.24, 2.45) is 0 Å². The molecular formula is C20H14F2O4. The van der Waals surface area contributed by atoms with Crippen molar-refractivity contribution in [3.05, 3.63) is 77.9 Å². The van der Waals surface area contributed by atoms with Gasteiger partial charge in [-0.05, 0) is 47.5 Å². The van der Waals surface area contributed by atoms with Crippen LogP contribution in [-0.4, -0.2) is 18.2 Å². The Labute approximate surface area is 148 Å². The molecular weight excluding hydrogens is 342 g/mol. The number of carbonyl (C=O) groups is 1. The van der Waals surface area contributed by atoms with Gasteiger partial charge in [0.05, 0.1) is 12.7 Å². The van der Waals surface area contributed by atoms with Gasteiger partial charge >= 0.3 is 5.97 Å². The van der Waals surface area contributed by atoms with E-state index in [1.807, 2.05) is 0 Å². The minimum absolute atomic E-state index is 0.171. The highest BCUT2D eigenvalue weighted by atomic mass is 19.1. The molecule has 3 rings (SSSR count). The SMILES string of the molecule is COc1cc(-c2cc(F)c(O)c(F)c2)ccc1OC(=O)c1ccccc1. The first-order chi connectivity index (χ1) is 12.5. The van der Waals surface area contributed by atoms with Crippen LogP contribution in [0.1, 0.15) is 10.4 Å². The number of halogens is 2. The van der Waals surface area contributed by atoms with E-state index in [0.717, 1.165) is 12.1 Å². The monoisotopic (exact) mass is 356 g/mol. The molecule has 0 aliphatic heterocycles. The Morgan fingerprint density at radius 1 is 0.885 bits per heavy atom. The second-order valence-corrected chi connectivity index (χ2v) is 5.41. The zero-order chi connectivity index (χ0) is 18.7. The van der Waals surface area contributed by atoms with Crippen LogP contribution in [0.2, 0.25) is 0 Å². The van der Waals surface area contributed by atoms with Crippen molar-refractivity contribution in [1.29, 1.82) is 0 Å². The predicted octanol–water partition coefficient (Wildman–Crippen LogP) is 4.57. The second kappa shape index (κ2) is 7.23. The van der Waals surface area contributed by atoms with Crippen LogP contribution in [0.15, 0.2) is 60.7 Å². The van der Waals surface area contributed by atoms with E-state index >= 15 is 0 Å². The maximum atomic E-state index is 13.6. The van der Waals surface area contributed by atoms with Gasteiger partial charge in [0.15, 0.2) is 28.9 Å². The number of phenolic OH excluding ortho intramolecular Hbond substituents is 1. The van der Waals surface area contributed by atoms with Crippen LogP contribution < -0.4 is 9.47 Å². The second-order valence-electron chi connectivity index (χ2n) is 5.41. The highest BCUT2D eigenvalue weighted by molar-refractivity contribution is 5.91. The van der Waals surface area contributed by atoms with Gasteiger partial charge in [-0.1, -0.05) is 24.3 Å². The van der Waals surface area contributed by atoms with E-state index in [-0.39, 0.29) is 17.1 Å². The standard InChI is InChI=1S/C20H14F2O4/c1-25-18-11-13(14-9-15(21)19(23)16(22)10-14)7-8-17(18)26-20(24)12-5-3-2-4-6-12/h2-11,23H,1H3. The fraction of sp³-hybridized carbons (Fsp3) is 0.0500. The van der Waals surface area contributed by atoms with Gasteiger partial charge in [0.25, 0.3) is 0 Å². The number of phenols is 1. The van der Waals surface area contributed by atoms with Crippen LogP contribution in [0.5, 0.6) is 17.2 Å². The van der Waals surface area contributed by atoms with Gasteiger partial charge in [-0.15, -0.1) is 0 Å². The molecule has 6 heteroatoms. The van der Waals surface area contributed by atoms with Gasteiger partial charge in [0.1, 0.15) is 0 Å². The fourth-order valence-corrected chi connectivity index (χ4v) is 2.40. The van der Waals surface area contributed by atoms with Gasteiger partial charge in [-0.3, -0.25) is 0 Å². The molecule has 3 aromatic carbocycles. The third-order valence-corrected chi connectivity index (χ3v) is 3.73. The van der Waals surface area contributed by atoms with Crippen molar-refractivity contribution in [3.63, 3.8) is 0 Å². The number of rotatable bonds is 4. The molecule has 0 bridgehead atoms. The van der Waals surface area contributed by atoms with E-state index in [0.29, 0.717) is 11.1 Å². The Balaban J connectivity index is 1.92. The molecule has 0 radical (unpaired) electrons. The van der Waals surface area contributed by atoms with Crippen LogP contribution in [-0.2, 0) is 0 Å². The van der Waals surface area contributed by atoms with Crippen molar-refractivity contribution in [1.82, 2.24) is 0 Å². The number of esters is 1. The number of hydrogen-bond acceptors (Lipinski definition) is 4. The Hall–Kier alpha value is -3.41. The average Bonchev–Trinajstić information content (AvgIpc) is 2.66. The molecule has 0 saturated heterocycles. The molecule has 3 aromatic rings. The van der Waals surface area contributed by atoms with E-state index in [2.05, 4.69) is 0 Å². The van der Waals surface area contributed by atoms with Gasteiger partial charge in [-0.2, -0.15) is 0 Å². The topological polar surface area (TPSA) is 55.8 Å². The molecule has 0 aliphatic carbocycles. The molecule has 0 unspecified atom stereocenters. The smallest absolute Gasteiger partial charge is 0.343 e. The van der Waals surface area contributed by atoms with Crippen molar-refractivity contribution in [3.8, 4) is 28.4 Å². The Kier molecular flexibility index (Phi) is 4.84. The zero-order valence-electron chi connectivity index (χ0n) is 13.7. The zero-order valence-corrected chi connectivity index (χ0v) is 13.7. The molecule has 0 heterocycles. The number of benzene rings is 3. The molecule has 4 nitrogen and oxygen atoms in total. The predicted molar refractivity (Wildman–Crippen MR) is 91.4 cm³/mol. The van der Waals surface area contributed by atoms with Crippen molar-refractivity contribution in [2.45, 2.75) is 0 Å². The van der Waals surface area contributed by atoms with E-state index in [1.165, 1.54) is 25.3 Å². The van der Waals surface area contributed by atoms with Gasteiger partial charge in [0, 0.05) is 0 Å². The molecule has 0 saturated carbocycles. The number of hydrogen-bond donors (Lipinski definition) is 1. The molecule has 0 atom stereocenters. The largest absolute Gasteiger partial charge is 0.503 e. The normalized spacial score (nSPS) is 10.4. The molecule has 1 N–H and O–H groups in total. The van der Waals surface area contributed by atoms with E-state index in [1.54, 1.807) is 30.3 Å². The van der Waals surface area contributed by atoms with Crippen LogP contribution in [0.25, 0.3) is 11.1 Å². The average molecular weight is 356 g/mol. The van der Waals surface area contributed by atoms with Crippen molar-refractivity contribution in [2.75, 3.05) is 7.11 Å². The molecule has 0 fully saturated rings. The molecule has 0 spiro atoms. The summed E-state index contributed by atoms with van der Waals surface area (Å²) >= 11 is 0. The lowest BCUT2D eigenvalue weighted by molar-refractivity contribution is 0.0729. The molecule has 0 amide bonds. The van der Waals surface area contributed by atoms with Crippen LogP contribution >= 0.6 is 0 Å². The first-order valence-electron chi connectivity index (χ1n) is 7.63. The molecule has 0 aromatic heterocycles. The fourth-order valence-electron chi connectivity index (χ4n) is 2.40. The van der Waals surface area contributed by atoms with Crippen molar-refractivity contribution >= 4 is 5.97 Å². The summed E-state index contributed by atoms with van der Waals surface area (Å²) in [5.41, 5.74) is 1.01. The summed E-state index contributed by atoms with van der Waals surface area (Å²) in [5.74, 6) is -3.34. The number of ether oxygens (including phenoxy) is 2. The molecule has 132 valence electrons. The maximum Gasteiger partial charge on any atom is 0.343 e. The minimum Gasteiger partial charge on any atom is -0.503 e. The number of aromatic hydroxyl groups is 1.